The van der Waals surface area contributed by atoms with Crippen LogP contribution in [0, 0.1) is 11.3 Å². The zero-order valence-corrected chi connectivity index (χ0v) is 13.7. The van der Waals surface area contributed by atoms with Gasteiger partial charge in [0.25, 0.3) is 5.56 Å². The van der Waals surface area contributed by atoms with Crippen LogP contribution in [0.2, 0.25) is 0 Å². The van der Waals surface area contributed by atoms with Gasteiger partial charge in [0.05, 0.1) is 18.4 Å². The van der Waals surface area contributed by atoms with E-state index in [9.17, 15) is 9.59 Å². The molecule has 118 valence electrons. The van der Waals surface area contributed by atoms with E-state index in [1.54, 1.807) is 37.3 Å². The van der Waals surface area contributed by atoms with Gasteiger partial charge < -0.3 is 9.47 Å². The standard InChI is InChI=1S/C15H12BrN3O4/c1-2-22-15(21)14-12(23-7-6-17)9-13(20)19(18-14)11-5-3-4-10(16)8-11/h3-5,8-9H,2,7H2,1H3. The van der Waals surface area contributed by atoms with Gasteiger partial charge in [-0.05, 0) is 25.1 Å². The molecule has 0 spiro atoms. The molecule has 1 heterocycles. The largest absolute Gasteiger partial charge is 0.476 e. The predicted octanol–water partition coefficient (Wildman–Crippen LogP) is 2.07. The van der Waals surface area contributed by atoms with E-state index in [-0.39, 0.29) is 24.7 Å². The molecule has 1 aromatic heterocycles. The molecule has 0 aliphatic rings. The fraction of sp³-hybridized carbons (Fsp3) is 0.200. The fourth-order valence-corrected chi connectivity index (χ4v) is 2.18. The number of rotatable bonds is 5. The Morgan fingerprint density at radius 2 is 2.22 bits per heavy atom. The first kappa shape index (κ1) is 16.7. The Morgan fingerprint density at radius 3 is 2.87 bits per heavy atom. The van der Waals surface area contributed by atoms with Gasteiger partial charge >= 0.3 is 5.97 Å². The van der Waals surface area contributed by atoms with Crippen molar-refractivity contribution in [2.45, 2.75) is 6.92 Å². The zero-order chi connectivity index (χ0) is 16.8. The van der Waals surface area contributed by atoms with Crippen molar-refractivity contribution in [1.82, 2.24) is 9.78 Å². The lowest BCUT2D eigenvalue weighted by molar-refractivity contribution is 0.0512. The third kappa shape index (κ3) is 3.96. The summed E-state index contributed by atoms with van der Waals surface area (Å²) in [6.07, 6.45) is 0. The van der Waals surface area contributed by atoms with E-state index in [2.05, 4.69) is 21.0 Å². The van der Waals surface area contributed by atoms with Crippen LogP contribution in [0.5, 0.6) is 5.75 Å². The molecule has 0 fully saturated rings. The Hall–Kier alpha value is -2.66. The van der Waals surface area contributed by atoms with Crippen molar-refractivity contribution >= 4 is 21.9 Å². The SMILES string of the molecule is CCOC(=O)c1nn(-c2cccc(Br)c2)c(=O)cc1OCC#N. The van der Waals surface area contributed by atoms with E-state index >= 15 is 0 Å². The molecule has 0 aliphatic carbocycles. The summed E-state index contributed by atoms with van der Waals surface area (Å²) in [7, 11) is 0. The molecule has 0 aliphatic heterocycles. The van der Waals surface area contributed by atoms with Crippen LogP contribution >= 0.6 is 15.9 Å². The molecule has 1 aromatic carbocycles. The Morgan fingerprint density at radius 1 is 1.43 bits per heavy atom. The number of esters is 1. The minimum absolute atomic E-state index is 0.0822. The van der Waals surface area contributed by atoms with Crippen molar-refractivity contribution in [3.05, 3.63) is 50.9 Å². The number of benzene rings is 1. The molecular weight excluding hydrogens is 366 g/mol. The third-order valence-electron chi connectivity index (χ3n) is 2.71. The summed E-state index contributed by atoms with van der Waals surface area (Å²) in [4.78, 5) is 24.2. The minimum Gasteiger partial charge on any atom is -0.476 e. The summed E-state index contributed by atoms with van der Waals surface area (Å²) < 4.78 is 11.8. The van der Waals surface area contributed by atoms with Gasteiger partial charge in [-0.25, -0.2) is 4.79 Å². The maximum Gasteiger partial charge on any atom is 0.362 e. The second-order valence-corrected chi connectivity index (χ2v) is 5.17. The lowest BCUT2D eigenvalue weighted by Gasteiger charge is -2.11. The van der Waals surface area contributed by atoms with Crippen molar-refractivity contribution in [3.8, 4) is 17.5 Å². The molecular formula is C15H12BrN3O4. The van der Waals surface area contributed by atoms with Crippen LogP contribution in [0.1, 0.15) is 17.4 Å². The Balaban J connectivity index is 2.57. The number of nitriles is 1. The first-order valence-corrected chi connectivity index (χ1v) is 7.43. The first-order valence-electron chi connectivity index (χ1n) is 6.64. The van der Waals surface area contributed by atoms with Crippen molar-refractivity contribution in [1.29, 1.82) is 5.26 Å². The highest BCUT2D eigenvalue weighted by Gasteiger charge is 2.19. The fourth-order valence-electron chi connectivity index (χ4n) is 1.79. The maximum absolute atomic E-state index is 12.2. The van der Waals surface area contributed by atoms with E-state index in [0.717, 1.165) is 15.2 Å². The molecule has 0 unspecified atom stereocenters. The maximum atomic E-state index is 12.2. The van der Waals surface area contributed by atoms with E-state index in [1.807, 2.05) is 0 Å². The normalized spacial score (nSPS) is 9.96. The molecule has 0 atom stereocenters. The quantitative estimate of drug-likeness (QED) is 0.740. The van der Waals surface area contributed by atoms with Gasteiger partial charge in [0, 0.05) is 4.47 Å². The lowest BCUT2D eigenvalue weighted by Crippen LogP contribution is -2.25. The van der Waals surface area contributed by atoms with Crippen molar-refractivity contribution in [3.63, 3.8) is 0 Å². The second kappa shape index (κ2) is 7.56. The average Bonchev–Trinajstić information content (AvgIpc) is 2.53. The topological polar surface area (TPSA) is 94.2 Å². The van der Waals surface area contributed by atoms with Gasteiger partial charge in [0.2, 0.25) is 5.69 Å². The lowest BCUT2D eigenvalue weighted by atomic mass is 10.3. The van der Waals surface area contributed by atoms with Crippen LogP contribution in [0.15, 0.2) is 39.6 Å². The molecule has 0 saturated carbocycles. The van der Waals surface area contributed by atoms with E-state index in [0.29, 0.717) is 5.69 Å². The molecule has 7 nitrogen and oxygen atoms in total. The number of hydrogen-bond donors (Lipinski definition) is 0. The minimum atomic E-state index is -0.732. The second-order valence-electron chi connectivity index (χ2n) is 4.25. The zero-order valence-electron chi connectivity index (χ0n) is 12.2. The van der Waals surface area contributed by atoms with Gasteiger partial charge in [-0.15, -0.1) is 0 Å². The van der Waals surface area contributed by atoms with Crippen LogP contribution in [0.25, 0.3) is 5.69 Å². The highest BCUT2D eigenvalue weighted by atomic mass is 79.9. The molecule has 23 heavy (non-hydrogen) atoms. The molecule has 0 saturated heterocycles. The van der Waals surface area contributed by atoms with Crippen LogP contribution in [-0.4, -0.2) is 29.0 Å². The summed E-state index contributed by atoms with van der Waals surface area (Å²) >= 11 is 3.31. The molecule has 0 N–H and O–H groups in total. The molecule has 2 aromatic rings. The molecule has 2 rings (SSSR count). The van der Waals surface area contributed by atoms with Gasteiger partial charge in [0.15, 0.2) is 12.4 Å². The van der Waals surface area contributed by atoms with Gasteiger partial charge in [-0.3, -0.25) is 4.79 Å². The molecule has 0 radical (unpaired) electrons. The number of ether oxygens (including phenoxy) is 2. The Bertz CT molecular complexity index is 826. The van der Waals surface area contributed by atoms with Crippen LogP contribution < -0.4 is 10.3 Å². The molecule has 0 bridgehead atoms. The number of carbonyl (C=O) groups excluding carboxylic acids is 1. The molecule has 8 heteroatoms. The number of carbonyl (C=O) groups is 1. The van der Waals surface area contributed by atoms with E-state index in [1.165, 1.54) is 0 Å². The summed E-state index contributed by atoms with van der Waals surface area (Å²) in [5, 5.41) is 12.6. The third-order valence-corrected chi connectivity index (χ3v) is 3.20. The number of hydrogen-bond acceptors (Lipinski definition) is 6. The summed E-state index contributed by atoms with van der Waals surface area (Å²) in [6.45, 7) is 1.49. The van der Waals surface area contributed by atoms with E-state index in [4.69, 9.17) is 14.7 Å². The summed E-state index contributed by atoms with van der Waals surface area (Å²) in [6, 6.07) is 9.76. The highest BCUT2D eigenvalue weighted by molar-refractivity contribution is 9.10. The van der Waals surface area contributed by atoms with E-state index < -0.39 is 11.5 Å². The van der Waals surface area contributed by atoms with Crippen molar-refractivity contribution in [2.75, 3.05) is 13.2 Å². The van der Waals surface area contributed by atoms with Gasteiger partial charge in [0.1, 0.15) is 6.07 Å². The van der Waals surface area contributed by atoms with Gasteiger partial charge in [-0.1, -0.05) is 22.0 Å². The van der Waals surface area contributed by atoms with Crippen LogP contribution in [0.4, 0.5) is 0 Å². The number of nitrogens with zero attached hydrogens (tertiary/aromatic N) is 3. The van der Waals surface area contributed by atoms with Crippen molar-refractivity contribution < 1.29 is 14.3 Å². The Labute approximate surface area is 140 Å². The number of halogens is 1. The first-order chi connectivity index (χ1) is 11.1. The van der Waals surface area contributed by atoms with Crippen LogP contribution in [-0.2, 0) is 4.74 Å². The predicted molar refractivity (Wildman–Crippen MR) is 84.6 cm³/mol. The van der Waals surface area contributed by atoms with Crippen LogP contribution in [0.3, 0.4) is 0 Å². The Kier molecular flexibility index (Phi) is 5.49. The summed E-state index contributed by atoms with van der Waals surface area (Å²) in [5.41, 5.74) is -0.187. The smallest absolute Gasteiger partial charge is 0.362 e. The summed E-state index contributed by atoms with van der Waals surface area (Å²) in [5.74, 6) is -0.814. The number of aromatic nitrogens is 2. The highest BCUT2D eigenvalue weighted by Crippen LogP contribution is 2.18. The monoisotopic (exact) mass is 377 g/mol. The molecule has 0 amide bonds. The van der Waals surface area contributed by atoms with Gasteiger partial charge in [-0.2, -0.15) is 15.0 Å². The van der Waals surface area contributed by atoms with Crippen molar-refractivity contribution in [2.24, 2.45) is 0 Å². The average molecular weight is 378 g/mol.